The van der Waals surface area contributed by atoms with E-state index in [0.29, 0.717) is 0 Å². The maximum atomic E-state index is 6.38. The summed E-state index contributed by atoms with van der Waals surface area (Å²) in [5.74, 6) is 0. The van der Waals surface area contributed by atoms with Crippen LogP contribution >= 0.6 is 0 Å². The van der Waals surface area contributed by atoms with Gasteiger partial charge in [0.05, 0.1) is 11.2 Å². The molecule has 108 valence electrons. The molecule has 0 amide bonds. The largest absolute Gasteiger partial charge is 0.496 e. The molecule has 1 aromatic rings. The van der Waals surface area contributed by atoms with E-state index in [1.807, 2.05) is 12.4 Å². The lowest BCUT2D eigenvalue weighted by molar-refractivity contribution is 0.00578. The summed E-state index contributed by atoms with van der Waals surface area (Å²) in [5, 5.41) is 0. The predicted molar refractivity (Wildman–Crippen MR) is 79.7 cm³/mol. The molecule has 20 heavy (non-hydrogen) atoms. The first-order chi connectivity index (χ1) is 9.24. The van der Waals surface area contributed by atoms with Gasteiger partial charge in [0.15, 0.2) is 0 Å². The fraction of sp³-hybridized carbons (Fsp3) is 0.667. The zero-order valence-corrected chi connectivity index (χ0v) is 12.8. The van der Waals surface area contributed by atoms with Crippen molar-refractivity contribution in [3.8, 4) is 0 Å². The fourth-order valence-corrected chi connectivity index (χ4v) is 2.68. The summed E-state index contributed by atoms with van der Waals surface area (Å²) in [5.41, 5.74) is 7.57. The van der Waals surface area contributed by atoms with E-state index in [0.717, 1.165) is 23.9 Å². The molecule has 0 atom stereocenters. The van der Waals surface area contributed by atoms with E-state index < -0.39 is 0 Å². The molecule has 1 aliphatic heterocycles. The van der Waals surface area contributed by atoms with Gasteiger partial charge in [0.2, 0.25) is 0 Å². The monoisotopic (exact) mass is 274 g/mol. The average Bonchev–Trinajstić information content (AvgIpc) is 2.56. The highest BCUT2D eigenvalue weighted by atomic mass is 16.7. The summed E-state index contributed by atoms with van der Waals surface area (Å²) in [7, 11) is -0.365. The van der Waals surface area contributed by atoms with Crippen LogP contribution < -0.4 is 11.2 Å². The van der Waals surface area contributed by atoms with Gasteiger partial charge in [0.1, 0.15) is 0 Å². The Kier molecular flexibility index (Phi) is 3.02. The Morgan fingerprint density at radius 3 is 2.20 bits per heavy atom. The van der Waals surface area contributed by atoms with Crippen molar-refractivity contribution in [3.63, 3.8) is 0 Å². The minimum Gasteiger partial charge on any atom is -0.399 e. The fourth-order valence-electron chi connectivity index (χ4n) is 2.68. The van der Waals surface area contributed by atoms with Gasteiger partial charge in [-0.15, -0.1) is 0 Å². The highest BCUT2D eigenvalue weighted by Crippen LogP contribution is 2.39. The van der Waals surface area contributed by atoms with Gasteiger partial charge >= 0.3 is 7.12 Å². The molecule has 1 saturated carbocycles. The van der Waals surface area contributed by atoms with Crippen LogP contribution in [0, 0.1) is 0 Å². The Hall–Kier alpha value is -0.905. The Balaban J connectivity index is 1.87. The molecule has 2 N–H and O–H groups in total. The van der Waals surface area contributed by atoms with E-state index in [9.17, 15) is 0 Å². The summed E-state index contributed by atoms with van der Waals surface area (Å²) in [6.45, 7) is 8.22. The van der Waals surface area contributed by atoms with E-state index >= 15 is 0 Å². The molecule has 1 saturated heterocycles. The van der Waals surface area contributed by atoms with Gasteiger partial charge in [-0.05, 0) is 52.5 Å². The number of nitrogens with two attached hydrogens (primary N) is 1. The molecule has 0 aromatic carbocycles. The topological polar surface area (TPSA) is 57.4 Å². The first-order valence-corrected chi connectivity index (χ1v) is 7.34. The second kappa shape index (κ2) is 4.29. The van der Waals surface area contributed by atoms with E-state index in [-0.39, 0.29) is 23.9 Å². The molecular formula is C15H23BN2O2. The van der Waals surface area contributed by atoms with Gasteiger partial charge < -0.3 is 15.0 Å². The molecule has 3 rings (SSSR count). The number of hydrogen-bond acceptors (Lipinski definition) is 4. The molecule has 1 aliphatic carbocycles. The van der Waals surface area contributed by atoms with Crippen molar-refractivity contribution in [1.29, 1.82) is 0 Å². The molecule has 1 aromatic heterocycles. The van der Waals surface area contributed by atoms with Crippen molar-refractivity contribution >= 4 is 12.6 Å². The van der Waals surface area contributed by atoms with E-state index in [1.165, 1.54) is 6.42 Å². The van der Waals surface area contributed by atoms with Crippen molar-refractivity contribution < 1.29 is 9.31 Å². The van der Waals surface area contributed by atoms with Crippen molar-refractivity contribution in [2.75, 3.05) is 0 Å². The SMILES string of the molecule is CC1(C)OB(c2cncc(C3(N)CCC3)c2)OC1(C)C. The van der Waals surface area contributed by atoms with Crippen molar-refractivity contribution in [3.05, 3.63) is 24.0 Å². The third-order valence-electron chi connectivity index (χ3n) is 5.11. The number of pyridine rings is 1. The van der Waals surface area contributed by atoms with E-state index in [2.05, 4.69) is 38.7 Å². The van der Waals surface area contributed by atoms with Crippen LogP contribution in [0.1, 0.15) is 52.5 Å². The lowest BCUT2D eigenvalue weighted by atomic mass is 9.71. The summed E-state index contributed by atoms with van der Waals surface area (Å²) < 4.78 is 12.1. The molecule has 0 bridgehead atoms. The summed E-state index contributed by atoms with van der Waals surface area (Å²) >= 11 is 0. The minimum absolute atomic E-state index is 0.202. The smallest absolute Gasteiger partial charge is 0.399 e. The third kappa shape index (κ3) is 2.08. The van der Waals surface area contributed by atoms with Crippen LogP contribution in [0.3, 0.4) is 0 Å². The maximum absolute atomic E-state index is 6.38. The zero-order chi connectivity index (χ0) is 14.6. The number of nitrogens with zero attached hydrogens (tertiary/aromatic N) is 1. The first kappa shape index (κ1) is 14.0. The quantitative estimate of drug-likeness (QED) is 0.834. The van der Waals surface area contributed by atoms with Gasteiger partial charge in [-0.1, -0.05) is 6.07 Å². The zero-order valence-electron chi connectivity index (χ0n) is 12.8. The van der Waals surface area contributed by atoms with Crippen LogP contribution in [-0.2, 0) is 14.8 Å². The number of hydrogen-bond donors (Lipinski definition) is 1. The Morgan fingerprint density at radius 1 is 1.10 bits per heavy atom. The van der Waals surface area contributed by atoms with Crippen LogP contribution in [0.5, 0.6) is 0 Å². The minimum atomic E-state index is -0.365. The highest BCUT2D eigenvalue weighted by Gasteiger charge is 2.52. The summed E-state index contributed by atoms with van der Waals surface area (Å²) in [6.07, 6.45) is 6.93. The van der Waals surface area contributed by atoms with Gasteiger partial charge in [-0.2, -0.15) is 0 Å². The number of aromatic nitrogens is 1. The van der Waals surface area contributed by atoms with Crippen LogP contribution in [0.2, 0.25) is 0 Å². The number of rotatable bonds is 2. The van der Waals surface area contributed by atoms with Crippen LogP contribution in [0.4, 0.5) is 0 Å². The van der Waals surface area contributed by atoms with E-state index in [1.54, 1.807) is 0 Å². The molecule has 2 heterocycles. The van der Waals surface area contributed by atoms with E-state index in [4.69, 9.17) is 15.0 Å². The Morgan fingerprint density at radius 2 is 1.70 bits per heavy atom. The first-order valence-electron chi connectivity index (χ1n) is 7.34. The van der Waals surface area contributed by atoms with Gasteiger partial charge in [0, 0.05) is 23.4 Å². The van der Waals surface area contributed by atoms with Crippen molar-refractivity contribution in [1.82, 2.24) is 4.98 Å². The average molecular weight is 274 g/mol. The standard InChI is InChI=1S/C15H23BN2O2/c1-13(2)14(3,4)20-16(19-13)12-8-11(9-18-10-12)15(17)6-5-7-15/h8-10H,5-7,17H2,1-4H3. The van der Waals surface area contributed by atoms with Crippen molar-refractivity contribution in [2.45, 2.75) is 63.7 Å². The van der Waals surface area contributed by atoms with Gasteiger partial charge in [0.25, 0.3) is 0 Å². The highest BCUT2D eigenvalue weighted by molar-refractivity contribution is 6.62. The normalized spacial score (nSPS) is 26.4. The molecule has 5 heteroatoms. The summed E-state index contributed by atoms with van der Waals surface area (Å²) in [4.78, 5) is 4.33. The second-order valence-corrected chi connectivity index (χ2v) is 7.10. The van der Waals surface area contributed by atoms with Crippen LogP contribution in [0.25, 0.3) is 0 Å². The Labute approximate surface area is 121 Å². The van der Waals surface area contributed by atoms with Crippen LogP contribution in [0.15, 0.2) is 18.5 Å². The second-order valence-electron chi connectivity index (χ2n) is 7.10. The molecule has 4 nitrogen and oxygen atoms in total. The Bertz CT molecular complexity index is 510. The molecule has 0 radical (unpaired) electrons. The van der Waals surface area contributed by atoms with Crippen LogP contribution in [-0.4, -0.2) is 23.3 Å². The summed E-state index contributed by atoms with van der Waals surface area (Å²) in [6, 6.07) is 2.09. The van der Waals surface area contributed by atoms with Gasteiger partial charge in [-0.3, -0.25) is 4.98 Å². The maximum Gasteiger partial charge on any atom is 0.496 e. The molecule has 2 aliphatic rings. The van der Waals surface area contributed by atoms with Crippen molar-refractivity contribution in [2.24, 2.45) is 5.73 Å². The molecule has 0 unspecified atom stereocenters. The molecular weight excluding hydrogens is 251 g/mol. The lowest BCUT2D eigenvalue weighted by Gasteiger charge is -2.38. The lowest BCUT2D eigenvalue weighted by Crippen LogP contribution is -2.45. The van der Waals surface area contributed by atoms with Gasteiger partial charge in [-0.25, -0.2) is 0 Å². The molecule has 0 spiro atoms. The molecule has 2 fully saturated rings. The predicted octanol–water partition coefficient (Wildman–Crippen LogP) is 1.72. The third-order valence-corrected chi connectivity index (χ3v) is 5.11.